The van der Waals surface area contributed by atoms with Gasteiger partial charge in [-0.05, 0) is 11.6 Å². The maximum atomic E-state index is 12.2. The number of rotatable bonds is 2. The first-order chi connectivity index (χ1) is 9.36. The smallest absolute Gasteiger partial charge is 0.346 e. The minimum Gasteiger partial charge on any atom is -0.346 e. The largest absolute Gasteiger partial charge is 0.473 e. The second-order valence-electron chi connectivity index (χ2n) is 3.96. The molecule has 0 unspecified atom stereocenters. The summed E-state index contributed by atoms with van der Waals surface area (Å²) in [5.41, 5.74) is 0.782. The zero-order chi connectivity index (χ0) is 14.8. The first-order valence-electron chi connectivity index (χ1n) is 5.54. The van der Waals surface area contributed by atoms with Crippen LogP contribution in [0.2, 0.25) is 5.15 Å². The zero-order valence-electron chi connectivity index (χ0n) is 10.0. The molecule has 0 bridgehead atoms. The molecule has 4 nitrogen and oxygen atoms in total. The Balaban J connectivity index is 2.09. The van der Waals surface area contributed by atoms with Crippen LogP contribution in [-0.4, -0.2) is 39.4 Å². The summed E-state index contributed by atoms with van der Waals surface area (Å²) in [7, 11) is 0. The van der Waals surface area contributed by atoms with E-state index in [1.807, 2.05) is 0 Å². The van der Waals surface area contributed by atoms with Crippen LogP contribution < -0.4 is 0 Å². The monoisotopic (exact) mass is 323 g/mol. The molecule has 1 aliphatic rings. The van der Waals surface area contributed by atoms with Gasteiger partial charge in [0.05, 0.1) is 0 Å². The van der Waals surface area contributed by atoms with Gasteiger partial charge in [0.1, 0.15) is 5.15 Å². The fourth-order valence-electron chi connectivity index (χ4n) is 1.55. The van der Waals surface area contributed by atoms with Crippen molar-refractivity contribution in [3.63, 3.8) is 0 Å². The molecule has 2 heterocycles. The second-order valence-corrected chi connectivity index (χ2v) is 5.41. The van der Waals surface area contributed by atoms with Gasteiger partial charge in [0.15, 0.2) is 5.17 Å². The third kappa shape index (κ3) is 3.86. The standard InChI is InChI=1S/C11H9ClF3N3OS/c12-8-2-1-7(5-16-8)6-18-3-4-20-10(18)17-9(19)11(13,14)15/h1-2,5H,3-4,6H2/b17-10-. The molecule has 0 saturated carbocycles. The van der Waals surface area contributed by atoms with Crippen molar-refractivity contribution in [2.45, 2.75) is 12.7 Å². The number of aromatic nitrogens is 1. The predicted molar refractivity (Wildman–Crippen MR) is 70.6 cm³/mol. The molecule has 2 rings (SSSR count). The number of amides is 1. The van der Waals surface area contributed by atoms with Crippen LogP contribution >= 0.6 is 23.4 Å². The molecule has 0 atom stereocenters. The fraction of sp³-hybridized carbons (Fsp3) is 0.364. The number of halogens is 4. The molecular weight excluding hydrogens is 315 g/mol. The number of aliphatic imine (C=N–C) groups is 1. The van der Waals surface area contributed by atoms with E-state index in [-0.39, 0.29) is 5.17 Å². The maximum absolute atomic E-state index is 12.2. The van der Waals surface area contributed by atoms with E-state index in [4.69, 9.17) is 11.6 Å². The average Bonchev–Trinajstić information content (AvgIpc) is 2.78. The van der Waals surface area contributed by atoms with Crippen molar-refractivity contribution in [1.82, 2.24) is 9.88 Å². The van der Waals surface area contributed by atoms with Crippen molar-refractivity contribution in [3.05, 3.63) is 29.0 Å². The van der Waals surface area contributed by atoms with Crippen molar-refractivity contribution >= 4 is 34.4 Å². The molecule has 0 aliphatic carbocycles. The van der Waals surface area contributed by atoms with E-state index in [1.165, 1.54) is 6.20 Å². The lowest BCUT2D eigenvalue weighted by Crippen LogP contribution is -2.28. The lowest BCUT2D eigenvalue weighted by molar-refractivity contribution is -0.169. The summed E-state index contributed by atoms with van der Waals surface area (Å²) < 4.78 is 36.6. The number of hydrogen-bond acceptors (Lipinski definition) is 3. The van der Waals surface area contributed by atoms with Gasteiger partial charge in [-0.1, -0.05) is 29.4 Å². The van der Waals surface area contributed by atoms with Gasteiger partial charge in [-0.2, -0.15) is 18.2 Å². The van der Waals surface area contributed by atoms with Crippen molar-refractivity contribution in [2.75, 3.05) is 12.3 Å². The highest BCUT2D eigenvalue weighted by Crippen LogP contribution is 2.23. The molecule has 1 fully saturated rings. The van der Waals surface area contributed by atoms with Crippen molar-refractivity contribution < 1.29 is 18.0 Å². The SMILES string of the molecule is O=C(/N=C1\SCCN1Cc1ccc(Cl)nc1)C(F)(F)F. The van der Waals surface area contributed by atoms with E-state index in [9.17, 15) is 18.0 Å². The summed E-state index contributed by atoms with van der Waals surface area (Å²) in [6, 6.07) is 3.32. The Hall–Kier alpha value is -1.28. The molecule has 9 heteroatoms. The van der Waals surface area contributed by atoms with E-state index >= 15 is 0 Å². The molecule has 20 heavy (non-hydrogen) atoms. The van der Waals surface area contributed by atoms with Crippen LogP contribution in [0, 0.1) is 0 Å². The summed E-state index contributed by atoms with van der Waals surface area (Å²) in [6.45, 7) is 0.860. The first kappa shape index (κ1) is 15.1. The predicted octanol–water partition coefficient (Wildman–Crippen LogP) is 2.73. The van der Waals surface area contributed by atoms with E-state index in [2.05, 4.69) is 9.98 Å². The lowest BCUT2D eigenvalue weighted by Gasteiger charge is -2.17. The number of alkyl halides is 3. The van der Waals surface area contributed by atoms with Crippen LogP contribution in [0.5, 0.6) is 0 Å². The highest BCUT2D eigenvalue weighted by molar-refractivity contribution is 8.14. The van der Waals surface area contributed by atoms with E-state index < -0.39 is 12.1 Å². The zero-order valence-corrected chi connectivity index (χ0v) is 11.6. The van der Waals surface area contributed by atoms with Crippen LogP contribution in [0.1, 0.15) is 5.56 Å². The number of thioether (sulfide) groups is 1. The number of carbonyl (C=O) groups excluding carboxylic acids is 1. The third-order valence-electron chi connectivity index (χ3n) is 2.46. The number of nitrogens with zero attached hydrogens (tertiary/aromatic N) is 3. The molecular formula is C11H9ClF3N3OS. The summed E-state index contributed by atoms with van der Waals surface area (Å²) in [4.78, 5) is 19.5. The summed E-state index contributed by atoms with van der Waals surface area (Å²) in [5, 5.41) is 0.424. The van der Waals surface area contributed by atoms with Crippen LogP contribution in [0.25, 0.3) is 0 Å². The Morgan fingerprint density at radius 2 is 2.25 bits per heavy atom. The van der Waals surface area contributed by atoms with Crippen molar-refractivity contribution in [3.8, 4) is 0 Å². The van der Waals surface area contributed by atoms with E-state index in [0.717, 1.165) is 17.3 Å². The third-order valence-corrected chi connectivity index (χ3v) is 3.68. The molecule has 0 spiro atoms. The van der Waals surface area contributed by atoms with Gasteiger partial charge >= 0.3 is 12.1 Å². The lowest BCUT2D eigenvalue weighted by atomic mass is 10.3. The molecule has 0 aromatic carbocycles. The molecule has 1 amide bonds. The van der Waals surface area contributed by atoms with Gasteiger partial charge in [-0.3, -0.25) is 4.79 Å². The van der Waals surface area contributed by atoms with Crippen LogP contribution in [0.4, 0.5) is 13.2 Å². The number of pyridine rings is 1. The number of hydrogen-bond donors (Lipinski definition) is 0. The molecule has 108 valence electrons. The van der Waals surface area contributed by atoms with Gasteiger partial charge in [0, 0.05) is 25.0 Å². The Morgan fingerprint density at radius 3 is 2.85 bits per heavy atom. The maximum Gasteiger partial charge on any atom is 0.473 e. The molecule has 1 aromatic rings. The van der Waals surface area contributed by atoms with Crippen molar-refractivity contribution in [1.29, 1.82) is 0 Å². The summed E-state index contributed by atoms with van der Waals surface area (Å²) in [6.07, 6.45) is -3.40. The van der Waals surface area contributed by atoms with Crippen LogP contribution in [0.3, 0.4) is 0 Å². The van der Waals surface area contributed by atoms with Gasteiger partial charge in [-0.25, -0.2) is 4.98 Å². The van der Waals surface area contributed by atoms with Gasteiger partial charge in [-0.15, -0.1) is 0 Å². The fourth-order valence-corrected chi connectivity index (χ4v) is 2.65. The van der Waals surface area contributed by atoms with Gasteiger partial charge in [0.2, 0.25) is 0 Å². The molecule has 0 radical (unpaired) electrons. The summed E-state index contributed by atoms with van der Waals surface area (Å²) in [5.74, 6) is -1.49. The van der Waals surface area contributed by atoms with E-state index in [0.29, 0.717) is 24.0 Å². The Morgan fingerprint density at radius 1 is 1.50 bits per heavy atom. The minimum atomic E-state index is -4.94. The highest BCUT2D eigenvalue weighted by Gasteiger charge is 2.39. The normalized spacial score (nSPS) is 17.8. The van der Waals surface area contributed by atoms with Crippen LogP contribution in [-0.2, 0) is 11.3 Å². The molecule has 0 N–H and O–H groups in total. The summed E-state index contributed by atoms with van der Waals surface area (Å²) >= 11 is 6.78. The molecule has 1 aliphatic heterocycles. The Labute approximate surface area is 122 Å². The quantitative estimate of drug-likeness (QED) is 0.785. The Bertz CT molecular complexity index is 533. The van der Waals surface area contributed by atoms with Gasteiger partial charge < -0.3 is 4.90 Å². The average molecular weight is 324 g/mol. The van der Waals surface area contributed by atoms with E-state index in [1.54, 1.807) is 17.0 Å². The first-order valence-corrected chi connectivity index (χ1v) is 6.90. The Kier molecular flexibility index (Phi) is 4.54. The second kappa shape index (κ2) is 6.01. The number of carbonyl (C=O) groups is 1. The van der Waals surface area contributed by atoms with Gasteiger partial charge in [0.25, 0.3) is 0 Å². The van der Waals surface area contributed by atoms with Crippen LogP contribution in [0.15, 0.2) is 23.3 Å². The highest BCUT2D eigenvalue weighted by atomic mass is 35.5. The molecule has 1 saturated heterocycles. The number of amidine groups is 1. The molecule has 1 aromatic heterocycles. The topological polar surface area (TPSA) is 45.6 Å². The van der Waals surface area contributed by atoms with Crippen molar-refractivity contribution in [2.24, 2.45) is 4.99 Å². The minimum absolute atomic E-state index is 0.0854.